The molecule has 162 valence electrons. The number of amides is 1. The Morgan fingerprint density at radius 2 is 1.80 bits per heavy atom. The van der Waals surface area contributed by atoms with Crippen LogP contribution in [-0.2, 0) is 17.5 Å². The van der Waals surface area contributed by atoms with Gasteiger partial charge in [-0.2, -0.15) is 13.2 Å². The van der Waals surface area contributed by atoms with Gasteiger partial charge in [-0.3, -0.25) is 14.5 Å². The second-order valence-electron chi connectivity index (χ2n) is 7.80. The molecule has 1 aliphatic rings. The smallest absolute Gasteiger partial charge is 0.353 e. The molecule has 1 aromatic carbocycles. The van der Waals surface area contributed by atoms with Crippen molar-refractivity contribution >= 4 is 5.91 Å². The fraction of sp³-hybridized carbons (Fsp3) is 0.455. The van der Waals surface area contributed by atoms with Gasteiger partial charge in [0.05, 0.1) is 6.04 Å². The van der Waals surface area contributed by atoms with Crippen molar-refractivity contribution in [1.29, 1.82) is 0 Å². The van der Waals surface area contributed by atoms with E-state index >= 15 is 0 Å². The topological polar surface area (TPSA) is 54.3 Å². The Hall–Kier alpha value is -2.61. The van der Waals surface area contributed by atoms with Crippen LogP contribution >= 0.6 is 0 Å². The number of pyridine rings is 1. The summed E-state index contributed by atoms with van der Waals surface area (Å²) >= 11 is 0. The van der Waals surface area contributed by atoms with E-state index in [0.29, 0.717) is 12.5 Å². The second kappa shape index (κ2) is 9.47. The van der Waals surface area contributed by atoms with Crippen molar-refractivity contribution in [2.75, 3.05) is 19.6 Å². The molecule has 8 heteroatoms. The Bertz CT molecular complexity index is 904. The van der Waals surface area contributed by atoms with E-state index in [0.717, 1.165) is 48.2 Å². The highest BCUT2D eigenvalue weighted by Gasteiger charge is 2.34. The molecule has 1 fully saturated rings. The van der Waals surface area contributed by atoms with Gasteiger partial charge in [-0.1, -0.05) is 37.3 Å². The lowest BCUT2D eigenvalue weighted by Crippen LogP contribution is -2.43. The maximum absolute atomic E-state index is 12.9. The summed E-state index contributed by atoms with van der Waals surface area (Å²) in [5, 5.41) is 2.80. The summed E-state index contributed by atoms with van der Waals surface area (Å²) in [5.41, 5.74) is -1.42. The molecule has 0 aliphatic carbocycles. The average Bonchev–Trinajstić information content (AvgIpc) is 2.71. The highest BCUT2D eigenvalue weighted by Crippen LogP contribution is 2.27. The first kappa shape index (κ1) is 22.1. The van der Waals surface area contributed by atoms with Crippen molar-refractivity contribution < 1.29 is 18.0 Å². The van der Waals surface area contributed by atoms with Crippen LogP contribution in [-0.4, -0.2) is 35.0 Å². The first-order valence-corrected chi connectivity index (χ1v) is 10.1. The minimum Gasteiger partial charge on any atom is -0.353 e. The zero-order chi connectivity index (χ0) is 21.7. The summed E-state index contributed by atoms with van der Waals surface area (Å²) in [4.78, 5) is 26.8. The van der Waals surface area contributed by atoms with Crippen LogP contribution in [0.3, 0.4) is 0 Å². The number of likely N-dealkylation sites (tertiary alicyclic amines) is 1. The third kappa shape index (κ3) is 5.50. The molecule has 5 nitrogen and oxygen atoms in total. The van der Waals surface area contributed by atoms with Gasteiger partial charge in [0.25, 0.3) is 5.56 Å². The standard InChI is InChI=1S/C22H26F3N3O2/c1-16-9-12-27(13-10-16)19(17-6-3-2-4-7-17)14-26-20(29)15-28-11-5-8-18(21(28)30)22(23,24)25/h2-8,11,16,19H,9-10,12-15H2,1H3,(H,26,29). The summed E-state index contributed by atoms with van der Waals surface area (Å²) in [7, 11) is 0. The van der Waals surface area contributed by atoms with E-state index in [1.54, 1.807) is 0 Å². The maximum Gasteiger partial charge on any atom is 0.421 e. The first-order valence-electron chi connectivity index (χ1n) is 10.1. The summed E-state index contributed by atoms with van der Waals surface area (Å²) in [5.74, 6) is 0.169. The Labute approximate surface area is 173 Å². The number of hydrogen-bond acceptors (Lipinski definition) is 3. The lowest BCUT2D eigenvalue weighted by molar-refractivity contribution is -0.139. The molecule has 1 unspecified atom stereocenters. The van der Waals surface area contributed by atoms with Gasteiger partial charge in [-0.05, 0) is 49.5 Å². The van der Waals surface area contributed by atoms with Crippen molar-refractivity contribution in [1.82, 2.24) is 14.8 Å². The number of carbonyl (C=O) groups is 1. The summed E-state index contributed by atoms with van der Waals surface area (Å²) in [6.07, 6.45) is -1.40. The Morgan fingerprint density at radius 3 is 2.43 bits per heavy atom. The molecule has 2 aromatic rings. The molecule has 1 saturated heterocycles. The van der Waals surface area contributed by atoms with Crippen molar-refractivity contribution in [3.63, 3.8) is 0 Å². The van der Waals surface area contributed by atoms with E-state index in [4.69, 9.17) is 0 Å². The number of hydrogen-bond donors (Lipinski definition) is 1. The third-order valence-electron chi connectivity index (χ3n) is 5.58. The van der Waals surface area contributed by atoms with Crippen LogP contribution in [0.15, 0.2) is 53.5 Å². The highest BCUT2D eigenvalue weighted by atomic mass is 19.4. The first-order chi connectivity index (χ1) is 14.3. The van der Waals surface area contributed by atoms with Gasteiger partial charge in [0.1, 0.15) is 12.1 Å². The molecule has 1 amide bonds. The van der Waals surface area contributed by atoms with Crippen LogP contribution in [0.5, 0.6) is 0 Å². The fourth-order valence-electron chi connectivity index (χ4n) is 3.77. The summed E-state index contributed by atoms with van der Waals surface area (Å²) < 4.78 is 39.6. The Morgan fingerprint density at radius 1 is 1.13 bits per heavy atom. The van der Waals surface area contributed by atoms with Gasteiger partial charge >= 0.3 is 6.18 Å². The van der Waals surface area contributed by atoms with Crippen molar-refractivity contribution in [2.45, 2.75) is 38.5 Å². The van der Waals surface area contributed by atoms with Gasteiger partial charge in [0, 0.05) is 12.7 Å². The quantitative estimate of drug-likeness (QED) is 0.777. The van der Waals surface area contributed by atoms with Crippen molar-refractivity contribution in [3.8, 4) is 0 Å². The monoisotopic (exact) mass is 421 g/mol. The molecule has 30 heavy (non-hydrogen) atoms. The van der Waals surface area contributed by atoms with Crippen molar-refractivity contribution in [2.24, 2.45) is 5.92 Å². The zero-order valence-corrected chi connectivity index (χ0v) is 16.9. The number of rotatable bonds is 6. The molecule has 1 aliphatic heterocycles. The molecule has 0 spiro atoms. The number of alkyl halides is 3. The van der Waals surface area contributed by atoms with E-state index in [1.165, 1.54) is 6.20 Å². The predicted molar refractivity (Wildman–Crippen MR) is 108 cm³/mol. The number of nitrogens with zero attached hydrogens (tertiary/aromatic N) is 2. The zero-order valence-electron chi connectivity index (χ0n) is 16.9. The van der Waals surface area contributed by atoms with Gasteiger partial charge in [-0.15, -0.1) is 0 Å². The van der Waals surface area contributed by atoms with E-state index < -0.39 is 29.8 Å². The van der Waals surface area contributed by atoms with Gasteiger partial charge in [-0.25, -0.2) is 0 Å². The summed E-state index contributed by atoms with van der Waals surface area (Å²) in [6.45, 7) is 3.93. The van der Waals surface area contributed by atoms with Crippen LogP contribution in [0, 0.1) is 5.92 Å². The van der Waals surface area contributed by atoms with E-state index in [1.807, 2.05) is 30.3 Å². The molecule has 3 rings (SSSR count). The van der Waals surface area contributed by atoms with Gasteiger partial charge in [0.15, 0.2) is 0 Å². The van der Waals surface area contributed by atoms with Crippen LogP contribution in [0.2, 0.25) is 0 Å². The second-order valence-corrected chi connectivity index (χ2v) is 7.80. The molecule has 1 aromatic heterocycles. The average molecular weight is 421 g/mol. The maximum atomic E-state index is 12.9. The van der Waals surface area contributed by atoms with Crippen molar-refractivity contribution in [3.05, 3.63) is 70.1 Å². The molecule has 1 atom stereocenters. The number of aromatic nitrogens is 1. The minimum absolute atomic E-state index is 0.0270. The number of benzene rings is 1. The number of carbonyl (C=O) groups excluding carboxylic acids is 1. The van der Waals surface area contributed by atoms with E-state index in [-0.39, 0.29) is 6.04 Å². The van der Waals surface area contributed by atoms with Crippen LogP contribution in [0.4, 0.5) is 13.2 Å². The van der Waals surface area contributed by atoms with E-state index in [2.05, 4.69) is 17.1 Å². The Kier molecular flexibility index (Phi) is 6.97. The molecule has 0 saturated carbocycles. The highest BCUT2D eigenvalue weighted by molar-refractivity contribution is 5.75. The third-order valence-corrected chi connectivity index (χ3v) is 5.58. The van der Waals surface area contributed by atoms with Crippen LogP contribution in [0.1, 0.15) is 36.9 Å². The van der Waals surface area contributed by atoms with Gasteiger partial charge < -0.3 is 9.88 Å². The summed E-state index contributed by atoms with van der Waals surface area (Å²) in [6, 6.07) is 11.6. The normalized spacial score (nSPS) is 16.9. The molecular weight excluding hydrogens is 395 g/mol. The lowest BCUT2D eigenvalue weighted by atomic mass is 9.95. The molecule has 0 radical (unpaired) electrons. The SMILES string of the molecule is CC1CCN(C(CNC(=O)Cn2cccc(C(F)(F)F)c2=O)c2ccccc2)CC1. The van der Waals surface area contributed by atoms with Crippen LogP contribution in [0.25, 0.3) is 0 Å². The molecule has 1 N–H and O–H groups in total. The number of nitrogens with one attached hydrogen (secondary N) is 1. The minimum atomic E-state index is -4.75. The van der Waals surface area contributed by atoms with Gasteiger partial charge in [0.2, 0.25) is 5.91 Å². The largest absolute Gasteiger partial charge is 0.421 e. The number of halogens is 3. The van der Waals surface area contributed by atoms with Crippen LogP contribution < -0.4 is 10.9 Å². The predicted octanol–water partition coefficient (Wildman–Crippen LogP) is 3.46. The number of piperidine rings is 1. The molecular formula is C22H26F3N3O2. The van der Waals surface area contributed by atoms with E-state index in [9.17, 15) is 22.8 Å². The molecule has 0 bridgehead atoms. The lowest BCUT2D eigenvalue weighted by Gasteiger charge is -2.37. The molecule has 2 heterocycles. The Balaban J connectivity index is 1.69. The fourth-order valence-corrected chi connectivity index (χ4v) is 3.77.